The molecule has 1 aromatic carbocycles. The van der Waals surface area contributed by atoms with E-state index in [-0.39, 0.29) is 12.6 Å². The summed E-state index contributed by atoms with van der Waals surface area (Å²) in [5.74, 6) is 0.878. The fourth-order valence-electron chi connectivity index (χ4n) is 3.87. The highest BCUT2D eigenvalue weighted by Gasteiger charge is 2.48. The molecule has 2 aromatic heterocycles. The lowest BCUT2D eigenvalue weighted by Crippen LogP contribution is -2.35. The maximum Gasteiger partial charge on any atom is 0.469 e. The second-order valence-corrected chi connectivity index (χ2v) is 8.50. The van der Waals surface area contributed by atoms with Crippen LogP contribution in [0.15, 0.2) is 41.1 Å². The summed E-state index contributed by atoms with van der Waals surface area (Å²) in [5, 5.41) is 3.86. The molecule has 5 rings (SSSR count). The quantitative estimate of drug-likeness (QED) is 0.562. The Morgan fingerprint density at radius 3 is 2.74 bits per heavy atom. The van der Waals surface area contributed by atoms with E-state index in [2.05, 4.69) is 19.6 Å². The van der Waals surface area contributed by atoms with Gasteiger partial charge in [-0.25, -0.2) is 9.36 Å². The number of nitrogens with zero attached hydrogens (tertiary/aromatic N) is 4. The van der Waals surface area contributed by atoms with Crippen LogP contribution in [0.1, 0.15) is 11.5 Å². The predicted molar refractivity (Wildman–Crippen MR) is 106 cm³/mol. The first-order valence-electron chi connectivity index (χ1n) is 9.38. The summed E-state index contributed by atoms with van der Waals surface area (Å²) in [5.41, 5.74) is 4.03. The molecule has 160 valence electrons. The van der Waals surface area contributed by atoms with Crippen LogP contribution in [-0.4, -0.2) is 49.8 Å². The highest BCUT2D eigenvalue weighted by molar-refractivity contribution is 7.46. The smallest absolute Gasteiger partial charge is 0.441 e. The summed E-state index contributed by atoms with van der Waals surface area (Å²) >= 11 is 0. The molecular weight excluding hydrogens is 427 g/mol. The Hall–Kier alpha value is -3.11. The van der Waals surface area contributed by atoms with Crippen molar-refractivity contribution in [3.63, 3.8) is 0 Å². The number of cyclic esters (lactones) is 1. The lowest BCUT2D eigenvalue weighted by atomic mass is 10.0. The normalized spacial score (nSPS) is 20.0. The highest BCUT2D eigenvalue weighted by Crippen LogP contribution is 2.42. The van der Waals surface area contributed by atoms with E-state index < -0.39 is 20.0 Å². The van der Waals surface area contributed by atoms with Crippen LogP contribution in [0.25, 0.3) is 22.6 Å². The molecule has 1 fully saturated rings. The summed E-state index contributed by atoms with van der Waals surface area (Å²) in [6.45, 7) is 1.33. The van der Waals surface area contributed by atoms with Crippen LogP contribution in [0, 0.1) is 6.92 Å². The lowest BCUT2D eigenvalue weighted by molar-refractivity contribution is 0.0761. The van der Waals surface area contributed by atoms with Gasteiger partial charge < -0.3 is 19.0 Å². The molecule has 2 aliphatic heterocycles. The number of carbonyl (C=O) groups is 1. The van der Waals surface area contributed by atoms with Crippen molar-refractivity contribution >= 4 is 19.6 Å². The molecular formula is C19H17N4O7P. The number of phosphoric ester groups is 1. The fourth-order valence-corrected chi connectivity index (χ4v) is 4.21. The van der Waals surface area contributed by atoms with Crippen molar-refractivity contribution in [1.82, 2.24) is 15.1 Å². The molecule has 0 unspecified atom stereocenters. The molecule has 0 aliphatic carbocycles. The van der Waals surface area contributed by atoms with E-state index in [1.165, 1.54) is 4.90 Å². The zero-order valence-electron chi connectivity index (χ0n) is 16.2. The first-order valence-corrected chi connectivity index (χ1v) is 10.9. The maximum absolute atomic E-state index is 12.3. The summed E-state index contributed by atoms with van der Waals surface area (Å²) in [6.07, 6.45) is 0.870. The van der Waals surface area contributed by atoms with Crippen LogP contribution in [-0.2, 0) is 20.2 Å². The molecule has 0 saturated carbocycles. The number of hydrogen-bond acceptors (Lipinski definition) is 8. The minimum absolute atomic E-state index is 0.376. The van der Waals surface area contributed by atoms with Gasteiger partial charge in [-0.05, 0) is 35.7 Å². The van der Waals surface area contributed by atoms with E-state index in [1.54, 1.807) is 19.2 Å². The zero-order chi connectivity index (χ0) is 21.8. The molecule has 12 heteroatoms. The number of carbonyl (C=O) groups excluding carboxylic acids is 1. The Kier molecular flexibility index (Phi) is 4.63. The Bertz CT molecular complexity index is 1210. The number of aryl methyl sites for hydroxylation is 1. The highest BCUT2D eigenvalue weighted by atomic mass is 31.2. The topological polar surface area (TPSA) is 148 Å². The Labute approximate surface area is 175 Å². The molecule has 0 radical (unpaired) electrons. The van der Waals surface area contributed by atoms with E-state index in [4.69, 9.17) is 19.0 Å². The number of benzene rings is 1. The number of pyridine rings is 1. The van der Waals surface area contributed by atoms with Crippen molar-refractivity contribution < 1.29 is 32.9 Å². The first kappa shape index (κ1) is 19.8. The van der Waals surface area contributed by atoms with Crippen LogP contribution < -0.4 is 4.90 Å². The molecule has 31 heavy (non-hydrogen) atoms. The van der Waals surface area contributed by atoms with Gasteiger partial charge in [0.25, 0.3) is 0 Å². The Balaban J connectivity index is 1.37. The third kappa shape index (κ3) is 3.72. The molecule has 11 nitrogen and oxygen atoms in total. The zero-order valence-corrected chi connectivity index (χ0v) is 17.1. The monoisotopic (exact) mass is 444 g/mol. The van der Waals surface area contributed by atoms with Gasteiger partial charge in [0.1, 0.15) is 11.8 Å². The molecule has 2 N–H and O–H groups in total. The van der Waals surface area contributed by atoms with Gasteiger partial charge in [-0.1, -0.05) is 17.3 Å². The molecule has 3 aromatic rings. The first-order chi connectivity index (χ1) is 14.8. The molecule has 0 spiro atoms. The number of hydrogen-bond donors (Lipinski definition) is 2. The lowest BCUT2D eigenvalue weighted by Gasteiger charge is -2.16. The van der Waals surface area contributed by atoms with Gasteiger partial charge in [-0.3, -0.25) is 14.4 Å². The van der Waals surface area contributed by atoms with E-state index in [0.717, 1.165) is 16.7 Å². The Morgan fingerprint density at radius 1 is 1.26 bits per heavy atom. The third-order valence-corrected chi connectivity index (χ3v) is 5.72. The summed E-state index contributed by atoms with van der Waals surface area (Å²) in [6, 6.07) is 9.00. The maximum atomic E-state index is 12.3. The van der Waals surface area contributed by atoms with Crippen LogP contribution in [0.5, 0.6) is 0 Å². The van der Waals surface area contributed by atoms with E-state index in [0.29, 0.717) is 29.5 Å². The number of ether oxygens (including phenoxy) is 1. The number of rotatable bonds is 5. The van der Waals surface area contributed by atoms with Crippen molar-refractivity contribution in [3.05, 3.63) is 48.0 Å². The second-order valence-electron chi connectivity index (χ2n) is 7.26. The van der Waals surface area contributed by atoms with Crippen LogP contribution >= 0.6 is 7.82 Å². The molecule has 4 heterocycles. The standard InChI is InChI=1S/C19H17N4O7P/c1-10-21-18(22-30-10)14-4-2-12(8-20-14)11-3-5-15-13(6-11)7-16-17(9-28-31(25,26)27)29-19(24)23(15)16/h2-6,8,16-17H,7,9H2,1H3,(H2,25,26,27)/t16-,17-/m0/s1. The van der Waals surface area contributed by atoms with Crippen molar-refractivity contribution in [2.75, 3.05) is 11.5 Å². The van der Waals surface area contributed by atoms with Crippen LogP contribution in [0.2, 0.25) is 0 Å². The average Bonchev–Trinajstić information content (AvgIpc) is 3.41. The largest absolute Gasteiger partial charge is 0.469 e. The van der Waals surface area contributed by atoms with Gasteiger partial charge in [0.2, 0.25) is 11.7 Å². The molecule has 1 saturated heterocycles. The van der Waals surface area contributed by atoms with Gasteiger partial charge in [-0.15, -0.1) is 0 Å². The average molecular weight is 444 g/mol. The minimum atomic E-state index is -4.65. The predicted octanol–water partition coefficient (Wildman–Crippen LogP) is 2.47. The molecule has 1 amide bonds. The van der Waals surface area contributed by atoms with E-state index in [9.17, 15) is 9.36 Å². The van der Waals surface area contributed by atoms with Gasteiger partial charge in [0.15, 0.2) is 0 Å². The summed E-state index contributed by atoms with van der Waals surface area (Å²) in [4.78, 5) is 40.2. The number of fused-ring (bicyclic) bond motifs is 3. The SMILES string of the molecule is Cc1nc(-c2ccc(-c3ccc4c(c3)C[C@H]3[C@H](COP(=O)(O)O)OC(=O)N43)cn2)no1. The summed E-state index contributed by atoms with van der Waals surface area (Å²) < 4.78 is 25.8. The number of anilines is 1. The number of amides is 1. The Morgan fingerprint density at radius 2 is 2.06 bits per heavy atom. The molecule has 0 bridgehead atoms. The van der Waals surface area contributed by atoms with Gasteiger partial charge >= 0.3 is 13.9 Å². The van der Waals surface area contributed by atoms with Gasteiger partial charge in [-0.2, -0.15) is 4.98 Å². The van der Waals surface area contributed by atoms with Crippen molar-refractivity contribution in [2.24, 2.45) is 0 Å². The summed E-state index contributed by atoms with van der Waals surface area (Å²) in [7, 11) is -4.65. The van der Waals surface area contributed by atoms with Gasteiger partial charge in [0.05, 0.1) is 18.3 Å². The van der Waals surface area contributed by atoms with Gasteiger partial charge in [0, 0.05) is 18.7 Å². The number of aromatic nitrogens is 3. The molecule has 2 aliphatic rings. The second kappa shape index (κ2) is 7.24. The fraction of sp³-hybridized carbons (Fsp3) is 0.263. The molecule has 2 atom stereocenters. The van der Waals surface area contributed by atoms with E-state index in [1.807, 2.05) is 24.3 Å². The van der Waals surface area contributed by atoms with Crippen LogP contribution in [0.3, 0.4) is 0 Å². The number of phosphoric acid groups is 1. The third-order valence-electron chi connectivity index (χ3n) is 5.24. The van der Waals surface area contributed by atoms with E-state index >= 15 is 0 Å². The van der Waals surface area contributed by atoms with Crippen molar-refractivity contribution in [3.8, 4) is 22.6 Å². The minimum Gasteiger partial charge on any atom is -0.441 e. The van der Waals surface area contributed by atoms with Crippen molar-refractivity contribution in [2.45, 2.75) is 25.5 Å². The van der Waals surface area contributed by atoms with Crippen molar-refractivity contribution in [1.29, 1.82) is 0 Å². The van der Waals surface area contributed by atoms with Crippen LogP contribution in [0.4, 0.5) is 10.5 Å².